The van der Waals surface area contributed by atoms with Crippen LogP contribution < -0.4 is 4.90 Å². The summed E-state index contributed by atoms with van der Waals surface area (Å²) in [4.78, 5) is 8.32. The lowest BCUT2D eigenvalue weighted by Crippen LogP contribution is -2.47. The van der Waals surface area contributed by atoms with E-state index in [1.807, 2.05) is 6.92 Å². The molecule has 17 heavy (non-hydrogen) atoms. The van der Waals surface area contributed by atoms with E-state index in [1.54, 1.807) is 4.90 Å². The van der Waals surface area contributed by atoms with Crippen molar-refractivity contribution in [3.05, 3.63) is 5.82 Å². The van der Waals surface area contributed by atoms with Crippen molar-refractivity contribution in [1.82, 2.24) is 14.3 Å². The maximum absolute atomic E-state index is 12.2. The van der Waals surface area contributed by atoms with E-state index in [-0.39, 0.29) is 6.54 Å². The molecule has 0 bridgehead atoms. The first kappa shape index (κ1) is 12.6. The smallest absolute Gasteiger partial charge is 0.251 e. The fraction of sp³-hybridized carbons (Fsp3) is 0.800. The minimum absolute atomic E-state index is 0.121. The summed E-state index contributed by atoms with van der Waals surface area (Å²) in [5.74, 6) is 0.861. The highest BCUT2D eigenvalue weighted by Gasteiger charge is 2.21. The Morgan fingerprint density at radius 2 is 2.00 bits per heavy atom. The van der Waals surface area contributed by atoms with Gasteiger partial charge in [0.15, 0.2) is 0 Å². The van der Waals surface area contributed by atoms with E-state index < -0.39 is 6.43 Å². The second-order valence-corrected chi connectivity index (χ2v) is 4.76. The summed E-state index contributed by atoms with van der Waals surface area (Å²) in [6.45, 7) is 4.75. The van der Waals surface area contributed by atoms with Crippen LogP contribution in [0.2, 0.25) is 0 Å². The van der Waals surface area contributed by atoms with Crippen LogP contribution in [0.3, 0.4) is 0 Å². The molecule has 0 aliphatic carbocycles. The number of hydrogen-bond acceptors (Lipinski definition) is 5. The number of halogens is 2. The number of nitrogens with zero attached hydrogens (tertiary/aromatic N) is 4. The third-order valence-corrected chi connectivity index (χ3v) is 3.63. The van der Waals surface area contributed by atoms with Crippen LogP contribution in [0.15, 0.2) is 0 Å². The minimum atomic E-state index is -2.24. The molecule has 0 unspecified atom stereocenters. The number of piperazine rings is 1. The van der Waals surface area contributed by atoms with Crippen molar-refractivity contribution < 1.29 is 8.78 Å². The van der Waals surface area contributed by atoms with Crippen LogP contribution >= 0.6 is 11.5 Å². The predicted molar refractivity (Wildman–Crippen MR) is 63.9 cm³/mol. The number of aromatic nitrogens is 2. The molecule has 2 rings (SSSR count). The third-order valence-electron chi connectivity index (χ3n) is 2.81. The number of anilines is 1. The number of aryl methyl sites for hydroxylation is 1. The Balaban J connectivity index is 1.86. The van der Waals surface area contributed by atoms with Crippen LogP contribution in [-0.2, 0) is 6.42 Å². The van der Waals surface area contributed by atoms with Crippen LogP contribution in [0.1, 0.15) is 12.7 Å². The summed E-state index contributed by atoms with van der Waals surface area (Å²) < 4.78 is 28.7. The van der Waals surface area contributed by atoms with Gasteiger partial charge in [0, 0.05) is 44.1 Å². The molecule has 96 valence electrons. The molecule has 0 aromatic carbocycles. The molecule has 1 fully saturated rings. The number of rotatable bonds is 4. The first-order valence-corrected chi connectivity index (χ1v) is 6.54. The van der Waals surface area contributed by atoms with Gasteiger partial charge in [0.25, 0.3) is 6.43 Å². The van der Waals surface area contributed by atoms with Gasteiger partial charge in [0.1, 0.15) is 5.82 Å². The van der Waals surface area contributed by atoms with Crippen LogP contribution in [0.25, 0.3) is 0 Å². The lowest BCUT2D eigenvalue weighted by molar-refractivity contribution is 0.0854. The minimum Gasteiger partial charge on any atom is -0.344 e. The Labute approximate surface area is 103 Å². The average molecular weight is 262 g/mol. The molecular weight excluding hydrogens is 246 g/mol. The first-order valence-electron chi connectivity index (χ1n) is 5.77. The van der Waals surface area contributed by atoms with Crippen molar-refractivity contribution in [2.45, 2.75) is 19.8 Å². The molecular formula is C10H16F2N4S. The fourth-order valence-electron chi connectivity index (χ4n) is 1.83. The second-order valence-electron chi connectivity index (χ2n) is 4.03. The topological polar surface area (TPSA) is 32.3 Å². The third kappa shape index (κ3) is 3.32. The van der Waals surface area contributed by atoms with Gasteiger partial charge in [-0.3, -0.25) is 4.90 Å². The maximum atomic E-state index is 12.2. The predicted octanol–water partition coefficient (Wildman–Crippen LogP) is 1.49. The Morgan fingerprint density at radius 1 is 1.29 bits per heavy atom. The van der Waals surface area contributed by atoms with E-state index in [0.717, 1.165) is 30.5 Å². The first-order chi connectivity index (χ1) is 8.19. The molecule has 4 nitrogen and oxygen atoms in total. The molecule has 0 radical (unpaired) electrons. The number of alkyl halides is 2. The van der Waals surface area contributed by atoms with Crippen molar-refractivity contribution in [1.29, 1.82) is 0 Å². The highest BCUT2D eigenvalue weighted by atomic mass is 32.1. The fourth-order valence-corrected chi connectivity index (χ4v) is 2.63. The summed E-state index contributed by atoms with van der Waals surface area (Å²) in [6, 6.07) is 0. The molecule has 1 aromatic rings. The summed E-state index contributed by atoms with van der Waals surface area (Å²) in [5.41, 5.74) is 0. The largest absolute Gasteiger partial charge is 0.344 e. The lowest BCUT2D eigenvalue weighted by Gasteiger charge is -2.33. The molecule has 2 heterocycles. The standard InChI is InChI=1S/C10H16F2N4S/c1-2-9-13-10(17-14-9)16-5-3-15(4-6-16)7-8(11)12/h8H,2-7H2,1H3. The van der Waals surface area contributed by atoms with Gasteiger partial charge in [0.05, 0.1) is 6.54 Å². The molecule has 0 atom stereocenters. The van der Waals surface area contributed by atoms with Gasteiger partial charge >= 0.3 is 0 Å². The molecule has 7 heteroatoms. The quantitative estimate of drug-likeness (QED) is 0.823. The van der Waals surface area contributed by atoms with E-state index in [2.05, 4.69) is 14.3 Å². The lowest BCUT2D eigenvalue weighted by atomic mass is 10.3. The van der Waals surface area contributed by atoms with E-state index >= 15 is 0 Å². The maximum Gasteiger partial charge on any atom is 0.251 e. The van der Waals surface area contributed by atoms with Crippen molar-refractivity contribution in [2.75, 3.05) is 37.6 Å². The van der Waals surface area contributed by atoms with Gasteiger partial charge in [-0.25, -0.2) is 13.8 Å². The van der Waals surface area contributed by atoms with Gasteiger partial charge in [-0.05, 0) is 0 Å². The normalized spacial score (nSPS) is 18.0. The number of hydrogen-bond donors (Lipinski definition) is 0. The SMILES string of the molecule is CCc1nsc(N2CCN(CC(F)F)CC2)n1. The van der Waals surface area contributed by atoms with E-state index in [0.29, 0.717) is 13.1 Å². The monoisotopic (exact) mass is 262 g/mol. The van der Waals surface area contributed by atoms with Gasteiger partial charge in [-0.15, -0.1) is 0 Å². The van der Waals surface area contributed by atoms with Crippen LogP contribution in [-0.4, -0.2) is 53.4 Å². The molecule has 0 saturated carbocycles. The highest BCUT2D eigenvalue weighted by molar-refractivity contribution is 7.09. The van der Waals surface area contributed by atoms with Gasteiger partial charge in [-0.2, -0.15) is 4.37 Å². The van der Waals surface area contributed by atoms with E-state index in [9.17, 15) is 8.78 Å². The molecule has 0 spiro atoms. The van der Waals surface area contributed by atoms with Crippen LogP contribution in [0.5, 0.6) is 0 Å². The molecule has 1 aliphatic heterocycles. The summed E-state index contributed by atoms with van der Waals surface area (Å²) in [7, 11) is 0. The van der Waals surface area contributed by atoms with Crippen LogP contribution in [0, 0.1) is 0 Å². The van der Waals surface area contributed by atoms with Gasteiger partial charge in [-0.1, -0.05) is 6.92 Å². The molecule has 0 amide bonds. The molecule has 1 aliphatic rings. The molecule has 1 saturated heterocycles. The van der Waals surface area contributed by atoms with Crippen molar-refractivity contribution in [3.63, 3.8) is 0 Å². The Bertz CT molecular complexity index is 350. The van der Waals surface area contributed by atoms with Crippen molar-refractivity contribution >= 4 is 16.7 Å². The average Bonchev–Trinajstić information content (AvgIpc) is 2.78. The zero-order chi connectivity index (χ0) is 12.3. The molecule has 1 aromatic heterocycles. The van der Waals surface area contributed by atoms with Crippen LogP contribution in [0.4, 0.5) is 13.9 Å². The Morgan fingerprint density at radius 3 is 2.53 bits per heavy atom. The van der Waals surface area contributed by atoms with Crippen molar-refractivity contribution in [3.8, 4) is 0 Å². The summed E-state index contributed by atoms with van der Waals surface area (Å²) in [6.07, 6.45) is -1.41. The van der Waals surface area contributed by atoms with E-state index in [1.165, 1.54) is 11.5 Å². The zero-order valence-corrected chi connectivity index (χ0v) is 10.6. The Kier molecular flexibility index (Phi) is 4.22. The second kappa shape index (κ2) is 5.68. The van der Waals surface area contributed by atoms with Gasteiger partial charge < -0.3 is 4.90 Å². The summed E-state index contributed by atoms with van der Waals surface area (Å²) >= 11 is 1.39. The zero-order valence-electron chi connectivity index (χ0n) is 9.77. The highest BCUT2D eigenvalue weighted by Crippen LogP contribution is 2.19. The van der Waals surface area contributed by atoms with Gasteiger partial charge in [0.2, 0.25) is 5.13 Å². The Hall–Kier alpha value is -0.820. The molecule has 0 N–H and O–H groups in total. The van der Waals surface area contributed by atoms with E-state index in [4.69, 9.17) is 0 Å². The van der Waals surface area contributed by atoms with Crippen molar-refractivity contribution in [2.24, 2.45) is 0 Å². The summed E-state index contributed by atoms with van der Waals surface area (Å²) in [5, 5.41) is 0.915.